The lowest BCUT2D eigenvalue weighted by Gasteiger charge is -2.15. The van der Waals surface area contributed by atoms with Crippen LogP contribution in [-0.2, 0) is 20.7 Å². The van der Waals surface area contributed by atoms with Gasteiger partial charge in [-0.25, -0.2) is 0 Å². The van der Waals surface area contributed by atoms with Crippen LogP contribution in [-0.4, -0.2) is 33.1 Å². The highest BCUT2D eigenvalue weighted by Gasteiger charge is 2.13. The van der Waals surface area contributed by atoms with E-state index in [4.69, 9.17) is 9.47 Å². The molecule has 0 saturated heterocycles. The second kappa shape index (κ2) is 14.7. The van der Waals surface area contributed by atoms with Crippen LogP contribution in [0.25, 0.3) is 6.08 Å². The van der Waals surface area contributed by atoms with Gasteiger partial charge in [-0.05, 0) is 50.0 Å². The summed E-state index contributed by atoms with van der Waals surface area (Å²) in [5, 5.41) is 0. The summed E-state index contributed by atoms with van der Waals surface area (Å²) in [6.45, 7) is 2.13. The summed E-state index contributed by atoms with van der Waals surface area (Å²) >= 11 is 0. The van der Waals surface area contributed by atoms with Crippen LogP contribution in [0, 0.1) is 0 Å². The number of carbonyl (C=O) groups is 2. The van der Waals surface area contributed by atoms with Gasteiger partial charge in [0.2, 0.25) is 0 Å². The minimum atomic E-state index is -0.157. The van der Waals surface area contributed by atoms with Crippen LogP contribution >= 0.6 is 0 Å². The second-order valence-corrected chi connectivity index (χ2v) is 7.11. The molecule has 0 aliphatic heterocycles. The summed E-state index contributed by atoms with van der Waals surface area (Å²) < 4.78 is 15.8. The third-order valence-electron chi connectivity index (χ3n) is 4.96. The van der Waals surface area contributed by atoms with E-state index in [1.807, 2.05) is 18.2 Å². The zero-order valence-corrected chi connectivity index (χ0v) is 18.4. The highest BCUT2D eigenvalue weighted by atomic mass is 16.5. The van der Waals surface area contributed by atoms with Crippen molar-refractivity contribution in [1.82, 2.24) is 0 Å². The number of ether oxygens (including phenoxy) is 3. The molecule has 0 aromatic heterocycles. The molecule has 0 amide bonds. The van der Waals surface area contributed by atoms with Crippen molar-refractivity contribution in [3.05, 3.63) is 29.3 Å². The van der Waals surface area contributed by atoms with Gasteiger partial charge in [0.1, 0.15) is 11.5 Å². The van der Waals surface area contributed by atoms with Gasteiger partial charge in [-0.15, -0.1) is 0 Å². The maximum absolute atomic E-state index is 12.2. The van der Waals surface area contributed by atoms with Crippen LogP contribution in [0.1, 0.15) is 75.8 Å². The van der Waals surface area contributed by atoms with Crippen LogP contribution in [0.5, 0.6) is 11.5 Å². The molecule has 0 atom stereocenters. The van der Waals surface area contributed by atoms with Crippen molar-refractivity contribution in [2.45, 2.75) is 71.1 Å². The Balaban J connectivity index is 2.80. The third kappa shape index (κ3) is 9.16. The standard InChI is InChI=1S/C24H36O5/c1-5-6-9-12-19(25)15-16-21-20(22(27-2)17-18-23(21)28-3)13-10-7-8-11-14-24(26)29-4/h15-18H,5-14H2,1-4H3/b16-15+. The highest BCUT2D eigenvalue weighted by molar-refractivity contribution is 5.94. The van der Waals surface area contributed by atoms with Gasteiger partial charge in [0.25, 0.3) is 0 Å². The molecule has 29 heavy (non-hydrogen) atoms. The molecule has 0 aliphatic carbocycles. The van der Waals surface area contributed by atoms with E-state index >= 15 is 0 Å². The predicted octanol–water partition coefficient (Wildman–Crippen LogP) is 5.53. The Labute approximate surface area is 175 Å². The van der Waals surface area contributed by atoms with Crippen molar-refractivity contribution in [3.8, 4) is 11.5 Å². The van der Waals surface area contributed by atoms with Gasteiger partial charge in [0.05, 0.1) is 21.3 Å². The Morgan fingerprint density at radius 3 is 2.17 bits per heavy atom. The Morgan fingerprint density at radius 1 is 0.862 bits per heavy atom. The van der Waals surface area contributed by atoms with E-state index < -0.39 is 0 Å². The van der Waals surface area contributed by atoms with E-state index in [1.165, 1.54) is 7.11 Å². The molecule has 0 saturated carbocycles. The molecule has 0 bridgehead atoms. The number of methoxy groups -OCH3 is 3. The predicted molar refractivity (Wildman–Crippen MR) is 117 cm³/mol. The molecule has 5 heteroatoms. The van der Waals surface area contributed by atoms with Crippen LogP contribution in [0.3, 0.4) is 0 Å². The van der Waals surface area contributed by atoms with E-state index in [9.17, 15) is 9.59 Å². The quantitative estimate of drug-likeness (QED) is 0.218. The Hall–Kier alpha value is -2.30. The van der Waals surface area contributed by atoms with E-state index in [0.717, 1.165) is 74.0 Å². The van der Waals surface area contributed by atoms with Gasteiger partial charge in [-0.3, -0.25) is 9.59 Å². The van der Waals surface area contributed by atoms with Gasteiger partial charge >= 0.3 is 5.97 Å². The van der Waals surface area contributed by atoms with Crippen LogP contribution < -0.4 is 9.47 Å². The van der Waals surface area contributed by atoms with Crippen molar-refractivity contribution in [2.75, 3.05) is 21.3 Å². The molecule has 0 heterocycles. The van der Waals surface area contributed by atoms with Crippen molar-refractivity contribution in [1.29, 1.82) is 0 Å². The van der Waals surface area contributed by atoms with Crippen molar-refractivity contribution < 1.29 is 23.8 Å². The summed E-state index contributed by atoms with van der Waals surface area (Å²) in [7, 11) is 4.71. The minimum absolute atomic E-state index is 0.136. The van der Waals surface area contributed by atoms with E-state index in [-0.39, 0.29) is 11.8 Å². The number of hydrogen-bond donors (Lipinski definition) is 0. The maximum atomic E-state index is 12.2. The first-order chi connectivity index (χ1) is 14.1. The number of unbranched alkanes of at least 4 members (excludes halogenated alkanes) is 5. The molecule has 5 nitrogen and oxygen atoms in total. The number of carbonyl (C=O) groups excluding carboxylic acids is 2. The maximum Gasteiger partial charge on any atom is 0.305 e. The van der Waals surface area contributed by atoms with Gasteiger partial charge in [-0.2, -0.15) is 0 Å². The lowest BCUT2D eigenvalue weighted by atomic mass is 9.97. The molecule has 1 aromatic rings. The second-order valence-electron chi connectivity index (χ2n) is 7.11. The molecule has 1 aromatic carbocycles. The average Bonchev–Trinajstić information content (AvgIpc) is 2.74. The van der Waals surface area contributed by atoms with Gasteiger partial charge in [0, 0.05) is 24.0 Å². The lowest BCUT2D eigenvalue weighted by molar-refractivity contribution is -0.140. The lowest BCUT2D eigenvalue weighted by Crippen LogP contribution is -2.01. The van der Waals surface area contributed by atoms with Crippen molar-refractivity contribution >= 4 is 17.8 Å². The van der Waals surface area contributed by atoms with E-state index in [2.05, 4.69) is 11.7 Å². The zero-order valence-electron chi connectivity index (χ0n) is 18.4. The molecule has 1 rings (SSSR count). The minimum Gasteiger partial charge on any atom is -0.496 e. The Kier molecular flexibility index (Phi) is 12.5. The van der Waals surface area contributed by atoms with E-state index in [0.29, 0.717) is 12.8 Å². The zero-order chi connectivity index (χ0) is 21.5. The number of rotatable bonds is 15. The van der Waals surface area contributed by atoms with Crippen LogP contribution in [0.4, 0.5) is 0 Å². The SMILES string of the molecule is CCCCCC(=O)/C=C/c1c(OC)ccc(OC)c1CCCCCCC(=O)OC. The highest BCUT2D eigenvalue weighted by Crippen LogP contribution is 2.33. The Bertz CT molecular complexity index is 663. The third-order valence-corrected chi connectivity index (χ3v) is 4.96. The van der Waals surface area contributed by atoms with Crippen LogP contribution in [0.15, 0.2) is 18.2 Å². The van der Waals surface area contributed by atoms with E-state index in [1.54, 1.807) is 20.3 Å². The van der Waals surface area contributed by atoms with Gasteiger partial charge < -0.3 is 14.2 Å². The molecular formula is C24H36O5. The number of benzene rings is 1. The topological polar surface area (TPSA) is 61.8 Å². The molecule has 0 spiro atoms. The van der Waals surface area contributed by atoms with Crippen molar-refractivity contribution in [2.24, 2.45) is 0 Å². The molecule has 0 aliphatic rings. The summed E-state index contributed by atoms with van der Waals surface area (Å²) in [6, 6.07) is 3.78. The van der Waals surface area contributed by atoms with Crippen molar-refractivity contribution in [3.63, 3.8) is 0 Å². The number of allylic oxidation sites excluding steroid dienone is 1. The van der Waals surface area contributed by atoms with Gasteiger partial charge in [-0.1, -0.05) is 32.6 Å². The first-order valence-corrected chi connectivity index (χ1v) is 10.6. The summed E-state index contributed by atoms with van der Waals surface area (Å²) in [6.07, 6.45) is 12.3. The van der Waals surface area contributed by atoms with Gasteiger partial charge in [0.15, 0.2) is 5.78 Å². The normalized spacial score (nSPS) is 10.9. The fourth-order valence-corrected chi connectivity index (χ4v) is 3.27. The fraction of sp³-hybridized carbons (Fsp3) is 0.583. The monoisotopic (exact) mass is 404 g/mol. The first-order valence-electron chi connectivity index (χ1n) is 10.6. The smallest absolute Gasteiger partial charge is 0.305 e. The van der Waals surface area contributed by atoms with Crippen LogP contribution in [0.2, 0.25) is 0 Å². The molecule has 162 valence electrons. The molecule has 0 N–H and O–H groups in total. The number of esters is 1. The number of hydrogen-bond acceptors (Lipinski definition) is 5. The fourth-order valence-electron chi connectivity index (χ4n) is 3.27. The Morgan fingerprint density at radius 2 is 1.52 bits per heavy atom. The molecule has 0 fully saturated rings. The first kappa shape index (κ1) is 24.7. The molecule has 0 unspecified atom stereocenters. The largest absolute Gasteiger partial charge is 0.496 e. The average molecular weight is 405 g/mol. The molecule has 0 radical (unpaired) electrons. The summed E-state index contributed by atoms with van der Waals surface area (Å²) in [4.78, 5) is 23.4. The number of ketones is 1. The molecular weight excluding hydrogens is 368 g/mol. The summed E-state index contributed by atoms with van der Waals surface area (Å²) in [5.41, 5.74) is 1.96. The summed E-state index contributed by atoms with van der Waals surface area (Å²) in [5.74, 6) is 1.52.